The fraction of sp³-hybridized carbons (Fsp3) is 0.105. The van der Waals surface area contributed by atoms with E-state index in [1.54, 1.807) is 10.6 Å². The summed E-state index contributed by atoms with van der Waals surface area (Å²) in [6, 6.07) is 21.4. The molecule has 0 bridgehead atoms. The van der Waals surface area contributed by atoms with Crippen LogP contribution in [0, 0.1) is 18.3 Å². The molecule has 0 saturated carbocycles. The molecule has 3 aromatic rings. The third kappa shape index (κ3) is 3.19. The number of ether oxygens (including phenoxy) is 1. The van der Waals surface area contributed by atoms with Gasteiger partial charge in [-0.15, -0.1) is 0 Å². The lowest BCUT2D eigenvalue weighted by atomic mass is 10.1. The lowest BCUT2D eigenvalue weighted by Gasteiger charge is -2.12. The minimum atomic E-state index is 0.456. The van der Waals surface area contributed by atoms with Gasteiger partial charge in [0.1, 0.15) is 17.5 Å². The predicted molar refractivity (Wildman–Crippen MR) is 90.4 cm³/mol. The molecule has 0 atom stereocenters. The molecule has 2 aromatic carbocycles. The molecule has 0 saturated heterocycles. The van der Waals surface area contributed by atoms with Gasteiger partial charge in [0.05, 0.1) is 12.2 Å². The van der Waals surface area contributed by atoms with Crippen LogP contribution in [0.25, 0.3) is 0 Å². The lowest BCUT2D eigenvalue weighted by molar-refractivity contribution is 0.437. The quantitative estimate of drug-likeness (QED) is 0.789. The first kappa shape index (κ1) is 14.7. The minimum Gasteiger partial charge on any atom is -0.439 e. The highest BCUT2D eigenvalue weighted by molar-refractivity contribution is 5.56. The third-order valence-corrected chi connectivity index (χ3v) is 3.61. The maximum absolute atomic E-state index is 9.36. The van der Waals surface area contributed by atoms with Gasteiger partial charge in [-0.3, -0.25) is 4.57 Å². The molecule has 0 aliphatic rings. The molecule has 0 radical (unpaired) electrons. The molecule has 23 heavy (non-hydrogen) atoms. The summed E-state index contributed by atoms with van der Waals surface area (Å²) in [5.41, 5.74) is 9.26. The van der Waals surface area contributed by atoms with Crippen molar-refractivity contribution in [2.75, 3.05) is 5.73 Å². The molecule has 3 rings (SSSR count). The number of nitrogens with two attached hydrogens (primary N) is 1. The number of aromatic nitrogens is 1. The van der Waals surface area contributed by atoms with E-state index in [0.717, 1.165) is 5.56 Å². The summed E-state index contributed by atoms with van der Waals surface area (Å²) in [5.74, 6) is 1.18. The van der Waals surface area contributed by atoms with E-state index in [2.05, 4.69) is 6.07 Å². The number of nitrogens with zero attached hydrogens (tertiary/aromatic N) is 2. The molecule has 2 N–H and O–H groups in total. The Balaban J connectivity index is 1.97. The molecule has 0 amide bonds. The highest BCUT2D eigenvalue weighted by Gasteiger charge is 2.15. The fourth-order valence-corrected chi connectivity index (χ4v) is 2.39. The first-order chi connectivity index (χ1) is 11.2. The Labute approximate surface area is 135 Å². The Kier molecular flexibility index (Phi) is 4.03. The second-order valence-electron chi connectivity index (χ2n) is 5.39. The summed E-state index contributed by atoms with van der Waals surface area (Å²) in [6.07, 6.45) is 0. The molecular weight excluding hydrogens is 286 g/mol. The first-order valence-corrected chi connectivity index (χ1v) is 7.35. The normalized spacial score (nSPS) is 10.3. The van der Waals surface area contributed by atoms with Crippen LogP contribution in [0.4, 0.5) is 5.69 Å². The summed E-state index contributed by atoms with van der Waals surface area (Å²) in [7, 11) is 0. The third-order valence-electron chi connectivity index (χ3n) is 3.61. The van der Waals surface area contributed by atoms with E-state index < -0.39 is 0 Å². The van der Waals surface area contributed by atoms with Crippen LogP contribution >= 0.6 is 0 Å². The van der Waals surface area contributed by atoms with Crippen molar-refractivity contribution >= 4 is 5.69 Å². The standard InChI is InChI=1S/C19H17N3O/c1-14-7-9-15(10-8-14)13-22-16(12-20)11-18(21)19(22)23-17-5-3-2-4-6-17/h2-11H,13,21H2,1H3. The van der Waals surface area contributed by atoms with Crippen LogP contribution in [0.3, 0.4) is 0 Å². The van der Waals surface area contributed by atoms with Gasteiger partial charge in [-0.05, 0) is 24.6 Å². The highest BCUT2D eigenvalue weighted by atomic mass is 16.5. The summed E-state index contributed by atoms with van der Waals surface area (Å²) in [5, 5.41) is 9.36. The van der Waals surface area contributed by atoms with Crippen molar-refractivity contribution in [1.82, 2.24) is 4.57 Å². The Morgan fingerprint density at radius 3 is 2.43 bits per heavy atom. The van der Waals surface area contributed by atoms with Crippen molar-refractivity contribution < 1.29 is 4.74 Å². The number of rotatable bonds is 4. The number of benzene rings is 2. The Hall–Kier alpha value is -3.19. The van der Waals surface area contributed by atoms with Crippen LogP contribution < -0.4 is 10.5 Å². The molecule has 0 aliphatic carbocycles. The topological polar surface area (TPSA) is 64.0 Å². The molecule has 0 aliphatic heterocycles. The molecule has 0 spiro atoms. The van der Waals surface area contributed by atoms with Gasteiger partial charge in [0.25, 0.3) is 0 Å². The van der Waals surface area contributed by atoms with E-state index in [4.69, 9.17) is 10.5 Å². The molecule has 1 aromatic heterocycles. The SMILES string of the molecule is Cc1ccc(Cn2c(C#N)cc(N)c2Oc2ccccc2)cc1. The zero-order valence-corrected chi connectivity index (χ0v) is 12.9. The zero-order chi connectivity index (χ0) is 16.2. The number of para-hydroxylation sites is 1. The fourth-order valence-electron chi connectivity index (χ4n) is 2.39. The van der Waals surface area contributed by atoms with Crippen LogP contribution in [0.15, 0.2) is 60.7 Å². The Bertz CT molecular complexity index is 843. The molecule has 4 heteroatoms. The number of anilines is 1. The van der Waals surface area contributed by atoms with Gasteiger partial charge >= 0.3 is 0 Å². The van der Waals surface area contributed by atoms with Crippen molar-refractivity contribution in [2.45, 2.75) is 13.5 Å². The van der Waals surface area contributed by atoms with Gasteiger partial charge < -0.3 is 10.5 Å². The van der Waals surface area contributed by atoms with E-state index in [1.165, 1.54) is 5.56 Å². The summed E-state index contributed by atoms with van der Waals surface area (Å²) in [6.45, 7) is 2.57. The average Bonchev–Trinajstić information content (AvgIpc) is 2.86. The van der Waals surface area contributed by atoms with Crippen LogP contribution in [-0.4, -0.2) is 4.57 Å². The summed E-state index contributed by atoms with van der Waals surface area (Å²) >= 11 is 0. The van der Waals surface area contributed by atoms with Gasteiger partial charge in [-0.2, -0.15) is 5.26 Å². The van der Waals surface area contributed by atoms with Gasteiger partial charge in [-0.25, -0.2) is 0 Å². The van der Waals surface area contributed by atoms with E-state index in [-0.39, 0.29) is 0 Å². The van der Waals surface area contributed by atoms with Gasteiger partial charge in [0, 0.05) is 6.07 Å². The van der Waals surface area contributed by atoms with Gasteiger partial charge in [-0.1, -0.05) is 48.0 Å². The zero-order valence-electron chi connectivity index (χ0n) is 12.9. The van der Waals surface area contributed by atoms with Crippen molar-refractivity contribution in [1.29, 1.82) is 5.26 Å². The second kappa shape index (κ2) is 6.29. The van der Waals surface area contributed by atoms with Crippen molar-refractivity contribution in [2.24, 2.45) is 0 Å². The van der Waals surface area contributed by atoms with Crippen molar-refractivity contribution in [3.05, 3.63) is 77.5 Å². The number of nitrogen functional groups attached to an aromatic ring is 1. The maximum atomic E-state index is 9.36. The van der Waals surface area contributed by atoms with Gasteiger partial charge in [0.2, 0.25) is 5.88 Å². The van der Waals surface area contributed by atoms with E-state index in [1.807, 2.05) is 61.5 Å². The molecule has 0 unspecified atom stereocenters. The number of nitriles is 1. The largest absolute Gasteiger partial charge is 0.439 e. The summed E-state index contributed by atoms with van der Waals surface area (Å²) < 4.78 is 7.70. The van der Waals surface area contributed by atoms with E-state index in [0.29, 0.717) is 29.6 Å². The smallest absolute Gasteiger partial charge is 0.224 e. The molecule has 4 nitrogen and oxygen atoms in total. The van der Waals surface area contributed by atoms with Crippen molar-refractivity contribution in [3.63, 3.8) is 0 Å². The van der Waals surface area contributed by atoms with Crippen molar-refractivity contribution in [3.8, 4) is 17.7 Å². The molecule has 1 heterocycles. The molecule has 0 fully saturated rings. The van der Waals surface area contributed by atoms with Gasteiger partial charge in [0.15, 0.2) is 0 Å². The number of aryl methyl sites for hydroxylation is 1. The van der Waals surface area contributed by atoms with Crippen LogP contribution in [0.5, 0.6) is 11.6 Å². The molecule has 114 valence electrons. The van der Waals surface area contributed by atoms with E-state index in [9.17, 15) is 5.26 Å². The summed E-state index contributed by atoms with van der Waals surface area (Å²) in [4.78, 5) is 0. The average molecular weight is 303 g/mol. The Morgan fingerprint density at radius 2 is 1.78 bits per heavy atom. The van der Waals surface area contributed by atoms with Crippen LogP contribution in [0.1, 0.15) is 16.8 Å². The number of hydrogen-bond acceptors (Lipinski definition) is 3. The second-order valence-corrected chi connectivity index (χ2v) is 5.39. The predicted octanol–water partition coefficient (Wildman–Crippen LogP) is 4.09. The first-order valence-electron chi connectivity index (χ1n) is 7.35. The lowest BCUT2D eigenvalue weighted by Crippen LogP contribution is -2.05. The van der Waals surface area contributed by atoms with E-state index >= 15 is 0 Å². The minimum absolute atomic E-state index is 0.456. The van der Waals surface area contributed by atoms with Crippen LogP contribution in [0.2, 0.25) is 0 Å². The number of hydrogen-bond donors (Lipinski definition) is 1. The highest BCUT2D eigenvalue weighted by Crippen LogP contribution is 2.31. The maximum Gasteiger partial charge on any atom is 0.224 e. The van der Waals surface area contributed by atoms with Crippen LogP contribution in [-0.2, 0) is 6.54 Å². The Morgan fingerprint density at radius 1 is 1.09 bits per heavy atom. The monoisotopic (exact) mass is 303 g/mol. The molecular formula is C19H17N3O.